The molecule has 0 saturated carbocycles. The summed E-state index contributed by atoms with van der Waals surface area (Å²) in [5, 5.41) is 0. The molecular weight excluding hydrogens is 171 g/mol. The molecule has 0 N–H and O–H groups in total. The summed E-state index contributed by atoms with van der Waals surface area (Å²) in [5.74, 6) is 0.629. The Labute approximate surface area is 76.5 Å². The lowest BCUT2D eigenvalue weighted by atomic mass is 10.3. The van der Waals surface area contributed by atoms with Crippen molar-refractivity contribution in [1.82, 2.24) is 0 Å². The first-order valence-corrected chi connectivity index (χ1v) is 4.70. The van der Waals surface area contributed by atoms with E-state index in [-0.39, 0.29) is 5.82 Å². The van der Waals surface area contributed by atoms with Gasteiger partial charge in [-0.3, -0.25) is 0 Å². The van der Waals surface area contributed by atoms with E-state index >= 15 is 0 Å². The highest BCUT2D eigenvalue weighted by atomic mass is 32.2. The molecule has 0 heterocycles. The van der Waals surface area contributed by atoms with Gasteiger partial charge in [-0.05, 0) is 19.1 Å². The lowest BCUT2D eigenvalue weighted by Crippen LogP contribution is -1.83. The zero-order chi connectivity index (χ0) is 8.97. The molecule has 2 heteroatoms. The van der Waals surface area contributed by atoms with Gasteiger partial charge in [-0.25, -0.2) is 4.39 Å². The zero-order valence-electron chi connectivity index (χ0n) is 7.01. The fourth-order valence-corrected chi connectivity index (χ4v) is 1.55. The Balaban J connectivity index is 2.63. The van der Waals surface area contributed by atoms with E-state index in [1.165, 1.54) is 17.8 Å². The van der Waals surface area contributed by atoms with Gasteiger partial charge in [-0.1, -0.05) is 24.3 Å². The number of hydrogen-bond donors (Lipinski definition) is 0. The lowest BCUT2D eigenvalue weighted by molar-refractivity contribution is 0.602. The minimum absolute atomic E-state index is 0.149. The van der Waals surface area contributed by atoms with Gasteiger partial charge >= 0.3 is 0 Å². The van der Waals surface area contributed by atoms with Crippen LogP contribution in [0.15, 0.2) is 41.3 Å². The molecular formula is C10H11FS. The van der Waals surface area contributed by atoms with Crippen LogP contribution in [-0.2, 0) is 0 Å². The average Bonchev–Trinajstić information content (AvgIpc) is 2.03. The van der Waals surface area contributed by atoms with E-state index in [4.69, 9.17) is 0 Å². The molecule has 0 atom stereocenters. The highest BCUT2D eigenvalue weighted by Crippen LogP contribution is 2.22. The first-order valence-electron chi connectivity index (χ1n) is 3.72. The van der Waals surface area contributed by atoms with E-state index in [0.717, 1.165) is 11.3 Å². The summed E-state index contributed by atoms with van der Waals surface area (Å²) >= 11 is 1.48. The lowest BCUT2D eigenvalue weighted by Gasteiger charge is -2.01. The topological polar surface area (TPSA) is 0 Å². The van der Waals surface area contributed by atoms with E-state index in [9.17, 15) is 4.39 Å². The second-order valence-electron chi connectivity index (χ2n) is 2.68. The Morgan fingerprint density at radius 2 is 2.17 bits per heavy atom. The van der Waals surface area contributed by atoms with E-state index in [2.05, 4.69) is 6.58 Å². The maximum Gasteiger partial charge on any atom is 0.136 e. The van der Waals surface area contributed by atoms with Gasteiger partial charge < -0.3 is 0 Å². The molecule has 0 fully saturated rings. The molecule has 0 aliphatic carbocycles. The maximum atomic E-state index is 13.0. The Morgan fingerprint density at radius 1 is 1.50 bits per heavy atom. The molecule has 1 aromatic carbocycles. The zero-order valence-corrected chi connectivity index (χ0v) is 7.83. The number of benzene rings is 1. The highest BCUT2D eigenvalue weighted by Gasteiger charge is 1.99. The van der Waals surface area contributed by atoms with Crippen molar-refractivity contribution in [3.8, 4) is 0 Å². The fourth-order valence-electron chi connectivity index (χ4n) is 0.763. The minimum Gasteiger partial charge on any atom is -0.206 e. The molecule has 1 aromatic rings. The molecule has 0 aliphatic heterocycles. The Kier molecular flexibility index (Phi) is 3.35. The molecule has 0 unspecified atom stereocenters. The smallest absolute Gasteiger partial charge is 0.136 e. The van der Waals surface area contributed by atoms with Crippen LogP contribution in [0.1, 0.15) is 6.92 Å². The number of halogens is 1. The van der Waals surface area contributed by atoms with Crippen LogP contribution in [0.5, 0.6) is 0 Å². The van der Waals surface area contributed by atoms with Crippen LogP contribution in [0.3, 0.4) is 0 Å². The largest absolute Gasteiger partial charge is 0.206 e. The summed E-state index contributed by atoms with van der Waals surface area (Å²) < 4.78 is 13.0. The molecule has 0 nitrogen and oxygen atoms in total. The normalized spacial score (nSPS) is 9.83. The van der Waals surface area contributed by atoms with Gasteiger partial charge in [-0.2, -0.15) is 0 Å². The molecule has 0 bridgehead atoms. The first kappa shape index (κ1) is 9.33. The Hall–Kier alpha value is -0.760. The second kappa shape index (κ2) is 4.31. The third-order valence-electron chi connectivity index (χ3n) is 1.31. The van der Waals surface area contributed by atoms with E-state index in [0.29, 0.717) is 4.90 Å². The molecule has 0 aliphatic rings. The maximum absolute atomic E-state index is 13.0. The molecule has 0 spiro atoms. The third-order valence-corrected chi connectivity index (χ3v) is 2.59. The summed E-state index contributed by atoms with van der Waals surface area (Å²) in [6, 6.07) is 6.79. The van der Waals surface area contributed by atoms with Crippen LogP contribution in [-0.4, -0.2) is 5.75 Å². The van der Waals surface area contributed by atoms with Crippen LogP contribution >= 0.6 is 11.8 Å². The first-order chi connectivity index (χ1) is 5.70. The number of rotatable bonds is 3. The van der Waals surface area contributed by atoms with Crippen LogP contribution in [0.4, 0.5) is 4.39 Å². The summed E-state index contributed by atoms with van der Waals surface area (Å²) in [6.07, 6.45) is 0. The molecule has 64 valence electrons. The fraction of sp³-hybridized carbons (Fsp3) is 0.200. The molecule has 0 amide bonds. The minimum atomic E-state index is -0.149. The van der Waals surface area contributed by atoms with Crippen molar-refractivity contribution >= 4 is 11.8 Å². The van der Waals surface area contributed by atoms with Crippen LogP contribution in [0.25, 0.3) is 0 Å². The molecule has 0 aromatic heterocycles. The molecule has 0 saturated heterocycles. The summed E-state index contributed by atoms with van der Waals surface area (Å²) in [6.45, 7) is 5.69. The van der Waals surface area contributed by atoms with Gasteiger partial charge in [0.25, 0.3) is 0 Å². The predicted octanol–water partition coefficient (Wildman–Crippen LogP) is 3.49. The Morgan fingerprint density at radius 3 is 2.75 bits per heavy atom. The highest BCUT2D eigenvalue weighted by molar-refractivity contribution is 7.99. The molecule has 12 heavy (non-hydrogen) atoms. The van der Waals surface area contributed by atoms with Crippen molar-refractivity contribution in [2.75, 3.05) is 5.75 Å². The summed E-state index contributed by atoms with van der Waals surface area (Å²) in [5.41, 5.74) is 1.06. The number of hydrogen-bond acceptors (Lipinski definition) is 1. The number of thioether (sulfide) groups is 1. The predicted molar refractivity (Wildman–Crippen MR) is 51.9 cm³/mol. The standard InChI is InChI=1S/C10H11FS/c1-8(2)7-12-10-6-4-3-5-9(10)11/h3-6H,1,7H2,2H3. The van der Waals surface area contributed by atoms with Gasteiger partial charge in [0.05, 0.1) is 0 Å². The van der Waals surface area contributed by atoms with E-state index in [1.54, 1.807) is 12.1 Å². The second-order valence-corrected chi connectivity index (χ2v) is 3.69. The van der Waals surface area contributed by atoms with Crippen molar-refractivity contribution in [3.63, 3.8) is 0 Å². The van der Waals surface area contributed by atoms with E-state index in [1.807, 2.05) is 13.0 Å². The summed E-state index contributed by atoms with van der Waals surface area (Å²) in [4.78, 5) is 0.695. The van der Waals surface area contributed by atoms with Crippen molar-refractivity contribution in [2.45, 2.75) is 11.8 Å². The van der Waals surface area contributed by atoms with Crippen molar-refractivity contribution < 1.29 is 4.39 Å². The SMILES string of the molecule is C=C(C)CSc1ccccc1F. The van der Waals surface area contributed by atoms with Crippen molar-refractivity contribution in [2.24, 2.45) is 0 Å². The van der Waals surface area contributed by atoms with Crippen molar-refractivity contribution in [3.05, 3.63) is 42.2 Å². The summed E-state index contributed by atoms with van der Waals surface area (Å²) in [7, 11) is 0. The quantitative estimate of drug-likeness (QED) is 0.509. The Bertz CT molecular complexity index is 281. The van der Waals surface area contributed by atoms with Crippen LogP contribution in [0, 0.1) is 5.82 Å². The monoisotopic (exact) mass is 182 g/mol. The molecule has 0 radical (unpaired) electrons. The average molecular weight is 182 g/mol. The van der Waals surface area contributed by atoms with Gasteiger partial charge in [0.2, 0.25) is 0 Å². The van der Waals surface area contributed by atoms with Gasteiger partial charge in [0.15, 0.2) is 0 Å². The van der Waals surface area contributed by atoms with Gasteiger partial charge in [-0.15, -0.1) is 11.8 Å². The molecule has 1 rings (SSSR count). The van der Waals surface area contributed by atoms with E-state index < -0.39 is 0 Å². The van der Waals surface area contributed by atoms with Crippen LogP contribution < -0.4 is 0 Å². The van der Waals surface area contributed by atoms with Crippen LogP contribution in [0.2, 0.25) is 0 Å². The van der Waals surface area contributed by atoms with Gasteiger partial charge in [0.1, 0.15) is 5.82 Å². The third kappa shape index (κ3) is 2.70. The van der Waals surface area contributed by atoms with Gasteiger partial charge in [0, 0.05) is 10.6 Å². The van der Waals surface area contributed by atoms with Crippen molar-refractivity contribution in [1.29, 1.82) is 0 Å².